The standard InChI is InChI=1S/C10H14N2O2/c11-6-8-3-1-2-7(4-8)5-9(12)10(13)14/h1-4,9H,5-6,11-12H2,(H,13,14)/p+1/t9-/m0/s1. The summed E-state index contributed by atoms with van der Waals surface area (Å²) in [7, 11) is 0. The van der Waals surface area contributed by atoms with E-state index in [-0.39, 0.29) is 0 Å². The van der Waals surface area contributed by atoms with E-state index < -0.39 is 12.0 Å². The molecule has 0 saturated carbocycles. The molecule has 1 atom stereocenters. The molecule has 0 amide bonds. The second kappa shape index (κ2) is 4.74. The Hall–Kier alpha value is -1.39. The summed E-state index contributed by atoms with van der Waals surface area (Å²) in [6, 6.07) is 7.02. The number of quaternary nitrogens is 2. The molecule has 0 heterocycles. The lowest BCUT2D eigenvalue weighted by Gasteiger charge is -2.09. The third-order valence-corrected chi connectivity index (χ3v) is 2.10. The Bertz CT molecular complexity index is 326. The highest BCUT2D eigenvalue weighted by Crippen LogP contribution is 2.05. The molecule has 0 saturated heterocycles. The molecule has 4 heteroatoms. The van der Waals surface area contributed by atoms with Gasteiger partial charge in [-0.3, -0.25) is 0 Å². The molecule has 6 N–H and O–H groups in total. The molecule has 0 spiro atoms. The van der Waals surface area contributed by atoms with Crippen molar-refractivity contribution >= 4 is 5.97 Å². The van der Waals surface area contributed by atoms with Crippen molar-refractivity contribution < 1.29 is 21.4 Å². The minimum Gasteiger partial charge on any atom is -0.544 e. The molecule has 0 fully saturated rings. The molecule has 1 aromatic rings. The van der Waals surface area contributed by atoms with E-state index in [0.717, 1.165) is 11.1 Å². The monoisotopic (exact) mass is 195 g/mol. The first-order valence-corrected chi connectivity index (χ1v) is 4.54. The van der Waals surface area contributed by atoms with Crippen molar-refractivity contribution in [2.75, 3.05) is 0 Å². The molecule has 1 aromatic carbocycles. The Balaban J connectivity index is 2.71. The molecule has 0 aliphatic heterocycles. The summed E-state index contributed by atoms with van der Waals surface area (Å²) in [6.45, 7) is 0.709. The van der Waals surface area contributed by atoms with Crippen LogP contribution in [0.4, 0.5) is 0 Å². The van der Waals surface area contributed by atoms with E-state index in [0.29, 0.717) is 13.0 Å². The number of hydrogen-bond acceptors (Lipinski definition) is 2. The summed E-state index contributed by atoms with van der Waals surface area (Å²) in [5, 5.41) is 10.5. The predicted molar refractivity (Wildman–Crippen MR) is 48.4 cm³/mol. The SMILES string of the molecule is [NH3+]Cc1cccc(C[C@H]([NH3+])C(=O)[O-])c1. The molecule has 0 radical (unpaired) electrons. The maximum absolute atomic E-state index is 10.5. The van der Waals surface area contributed by atoms with Crippen LogP contribution >= 0.6 is 0 Å². The molecule has 0 bridgehead atoms. The number of carboxylic acids is 1. The van der Waals surface area contributed by atoms with Crippen LogP contribution in [0, 0.1) is 0 Å². The lowest BCUT2D eigenvalue weighted by atomic mass is 10.0. The van der Waals surface area contributed by atoms with E-state index in [1.165, 1.54) is 0 Å². The Morgan fingerprint density at radius 3 is 2.64 bits per heavy atom. The van der Waals surface area contributed by atoms with Crippen molar-refractivity contribution in [3.8, 4) is 0 Å². The van der Waals surface area contributed by atoms with Crippen molar-refractivity contribution in [3.05, 3.63) is 35.4 Å². The van der Waals surface area contributed by atoms with E-state index in [4.69, 9.17) is 0 Å². The van der Waals surface area contributed by atoms with Crippen molar-refractivity contribution in [2.24, 2.45) is 0 Å². The third-order valence-electron chi connectivity index (χ3n) is 2.10. The second-order valence-electron chi connectivity index (χ2n) is 3.29. The Morgan fingerprint density at radius 1 is 1.43 bits per heavy atom. The number of rotatable bonds is 4. The maximum Gasteiger partial charge on any atom is 0.129 e. The van der Waals surface area contributed by atoms with E-state index in [2.05, 4.69) is 11.5 Å². The van der Waals surface area contributed by atoms with Crippen molar-refractivity contribution in [1.29, 1.82) is 0 Å². The quantitative estimate of drug-likeness (QED) is 0.548. The van der Waals surface area contributed by atoms with E-state index in [1.54, 1.807) is 0 Å². The van der Waals surface area contributed by atoms with Gasteiger partial charge in [-0.2, -0.15) is 0 Å². The van der Waals surface area contributed by atoms with E-state index >= 15 is 0 Å². The van der Waals surface area contributed by atoms with E-state index in [9.17, 15) is 9.90 Å². The lowest BCUT2D eigenvalue weighted by molar-refractivity contribution is -0.437. The fourth-order valence-electron chi connectivity index (χ4n) is 1.28. The zero-order valence-corrected chi connectivity index (χ0v) is 8.03. The molecule has 1 rings (SSSR count). The average molecular weight is 195 g/mol. The van der Waals surface area contributed by atoms with Crippen LogP contribution < -0.4 is 16.6 Å². The molecule has 4 nitrogen and oxygen atoms in total. The van der Waals surface area contributed by atoms with Crippen LogP contribution in [-0.2, 0) is 17.8 Å². The molecule has 76 valence electrons. The first-order valence-electron chi connectivity index (χ1n) is 4.54. The molecule has 0 aliphatic rings. The van der Waals surface area contributed by atoms with Gasteiger partial charge in [0.25, 0.3) is 0 Å². The van der Waals surface area contributed by atoms with Crippen LogP contribution in [0.1, 0.15) is 11.1 Å². The highest BCUT2D eigenvalue weighted by Gasteiger charge is 2.08. The molecular weight excluding hydrogens is 180 g/mol. The molecule has 0 aliphatic carbocycles. The Labute approximate surface area is 82.5 Å². The largest absolute Gasteiger partial charge is 0.544 e. The molecule has 0 unspecified atom stereocenters. The van der Waals surface area contributed by atoms with Crippen LogP contribution in [-0.4, -0.2) is 12.0 Å². The number of benzene rings is 1. The molecule has 14 heavy (non-hydrogen) atoms. The van der Waals surface area contributed by atoms with Crippen LogP contribution in [0.15, 0.2) is 24.3 Å². The van der Waals surface area contributed by atoms with Gasteiger partial charge in [-0.05, 0) is 11.6 Å². The minimum atomic E-state index is -1.11. The summed E-state index contributed by atoms with van der Waals surface area (Å²) in [5.41, 5.74) is 9.35. The van der Waals surface area contributed by atoms with Gasteiger partial charge in [0.2, 0.25) is 0 Å². The molecule has 0 aromatic heterocycles. The highest BCUT2D eigenvalue weighted by atomic mass is 16.4. The topological polar surface area (TPSA) is 95.4 Å². The van der Waals surface area contributed by atoms with Gasteiger partial charge in [0, 0.05) is 12.0 Å². The third kappa shape index (κ3) is 2.83. The lowest BCUT2D eigenvalue weighted by Crippen LogP contribution is -2.69. The first-order chi connectivity index (χ1) is 6.63. The zero-order chi connectivity index (χ0) is 10.6. The van der Waals surface area contributed by atoms with E-state index in [1.807, 2.05) is 24.3 Å². The van der Waals surface area contributed by atoms with Gasteiger partial charge in [-0.1, -0.05) is 18.2 Å². The smallest absolute Gasteiger partial charge is 0.129 e. The number of carboxylic acid groups (broad SMARTS) is 1. The minimum absolute atomic E-state index is 0.413. The van der Waals surface area contributed by atoms with Gasteiger partial charge in [-0.15, -0.1) is 0 Å². The van der Waals surface area contributed by atoms with Crippen LogP contribution in [0.5, 0.6) is 0 Å². The fraction of sp³-hybridized carbons (Fsp3) is 0.300. The van der Waals surface area contributed by atoms with Crippen molar-refractivity contribution in [3.63, 3.8) is 0 Å². The van der Waals surface area contributed by atoms with Crippen LogP contribution in [0.25, 0.3) is 0 Å². The Kier molecular flexibility index (Phi) is 3.62. The van der Waals surface area contributed by atoms with Crippen molar-refractivity contribution in [1.82, 2.24) is 0 Å². The number of carbonyl (C=O) groups excluding carboxylic acids is 1. The van der Waals surface area contributed by atoms with Gasteiger partial charge in [0.15, 0.2) is 0 Å². The summed E-state index contributed by atoms with van der Waals surface area (Å²) in [6.07, 6.45) is 0.413. The maximum atomic E-state index is 10.5. The van der Waals surface area contributed by atoms with Gasteiger partial charge in [-0.25, -0.2) is 0 Å². The van der Waals surface area contributed by atoms with Gasteiger partial charge in [0.05, 0.1) is 12.5 Å². The fourth-order valence-corrected chi connectivity index (χ4v) is 1.28. The van der Waals surface area contributed by atoms with Gasteiger partial charge >= 0.3 is 0 Å². The van der Waals surface area contributed by atoms with Gasteiger partial charge < -0.3 is 21.4 Å². The number of carbonyl (C=O) groups is 1. The van der Waals surface area contributed by atoms with Crippen LogP contribution in [0.3, 0.4) is 0 Å². The number of hydrogen-bond donors (Lipinski definition) is 2. The van der Waals surface area contributed by atoms with Crippen LogP contribution in [0.2, 0.25) is 0 Å². The summed E-state index contributed by atoms with van der Waals surface area (Å²) in [4.78, 5) is 10.5. The first kappa shape index (κ1) is 10.7. The summed E-state index contributed by atoms with van der Waals surface area (Å²) >= 11 is 0. The zero-order valence-electron chi connectivity index (χ0n) is 8.03. The summed E-state index contributed by atoms with van der Waals surface area (Å²) in [5.74, 6) is -1.11. The average Bonchev–Trinajstić information content (AvgIpc) is 2.18. The number of aliphatic carboxylic acids is 1. The molecular formula is C10H15N2O2+. The Morgan fingerprint density at radius 2 is 2.07 bits per heavy atom. The van der Waals surface area contributed by atoms with Crippen molar-refractivity contribution in [2.45, 2.75) is 19.0 Å². The second-order valence-corrected chi connectivity index (χ2v) is 3.29. The summed E-state index contributed by atoms with van der Waals surface area (Å²) < 4.78 is 0. The normalized spacial score (nSPS) is 12.4. The highest BCUT2D eigenvalue weighted by molar-refractivity contribution is 5.69. The predicted octanol–water partition coefficient (Wildman–Crippen LogP) is -2.67. The van der Waals surface area contributed by atoms with Gasteiger partial charge in [0.1, 0.15) is 6.04 Å².